The fourth-order valence-electron chi connectivity index (χ4n) is 1.74. The highest BCUT2D eigenvalue weighted by Crippen LogP contribution is 2.19. The molecule has 1 N–H and O–H groups in total. The number of benzene rings is 1. The van der Waals surface area contributed by atoms with Crippen LogP contribution >= 0.6 is 0 Å². The number of unbranched alkanes of at least 4 members (excludes halogenated alkanes) is 2. The van der Waals surface area contributed by atoms with Crippen LogP contribution in [0, 0.1) is 15.9 Å². The number of rotatable bonds is 9. The monoisotopic (exact) mass is 270 g/mol. The van der Waals surface area contributed by atoms with Crippen LogP contribution in [0.2, 0.25) is 0 Å². The zero-order chi connectivity index (χ0) is 14.1. The number of hydrogen-bond acceptors (Lipinski definition) is 4. The maximum absolute atomic E-state index is 13.7. The molecule has 0 fully saturated rings. The predicted molar refractivity (Wildman–Crippen MR) is 70.5 cm³/mol. The molecule has 1 aromatic rings. The minimum absolute atomic E-state index is 0.303. The summed E-state index contributed by atoms with van der Waals surface area (Å²) in [4.78, 5) is 9.88. The van der Waals surface area contributed by atoms with Crippen LogP contribution in [-0.2, 0) is 11.3 Å². The van der Waals surface area contributed by atoms with Crippen LogP contribution in [0.4, 0.5) is 10.1 Å². The van der Waals surface area contributed by atoms with Crippen molar-refractivity contribution in [2.45, 2.75) is 25.8 Å². The fraction of sp³-hybridized carbons (Fsp3) is 0.538. The number of nitro benzene ring substituents is 1. The molecule has 106 valence electrons. The molecule has 0 unspecified atom stereocenters. The molecule has 0 radical (unpaired) electrons. The van der Waals surface area contributed by atoms with Crippen LogP contribution in [0.1, 0.15) is 24.8 Å². The van der Waals surface area contributed by atoms with Gasteiger partial charge in [-0.15, -0.1) is 0 Å². The number of ether oxygens (including phenoxy) is 1. The number of nitrogens with zero attached hydrogens (tertiary/aromatic N) is 1. The van der Waals surface area contributed by atoms with Crippen molar-refractivity contribution in [3.8, 4) is 0 Å². The van der Waals surface area contributed by atoms with Gasteiger partial charge in [-0.1, -0.05) is 12.1 Å². The van der Waals surface area contributed by atoms with Gasteiger partial charge in [0.2, 0.25) is 5.82 Å². The van der Waals surface area contributed by atoms with Gasteiger partial charge < -0.3 is 10.1 Å². The van der Waals surface area contributed by atoms with E-state index in [2.05, 4.69) is 5.32 Å². The standard InChI is InChI=1S/C13H19FN2O3/c1-19-9-4-2-3-8-15-10-11-6-5-7-12(13(11)14)16(17)18/h5-7,15H,2-4,8-10H2,1H3. The molecule has 0 aliphatic carbocycles. The maximum Gasteiger partial charge on any atom is 0.305 e. The molecule has 0 spiro atoms. The van der Waals surface area contributed by atoms with E-state index in [9.17, 15) is 14.5 Å². The molecule has 5 nitrogen and oxygen atoms in total. The summed E-state index contributed by atoms with van der Waals surface area (Å²) in [6, 6.07) is 4.22. The Kier molecular flexibility index (Phi) is 6.99. The highest BCUT2D eigenvalue weighted by atomic mass is 19.1. The van der Waals surface area contributed by atoms with Crippen molar-refractivity contribution < 1.29 is 14.1 Å². The lowest BCUT2D eigenvalue weighted by Crippen LogP contribution is -2.16. The van der Waals surface area contributed by atoms with E-state index < -0.39 is 16.4 Å². The number of nitrogens with one attached hydrogen (secondary N) is 1. The van der Waals surface area contributed by atoms with Gasteiger partial charge >= 0.3 is 5.69 Å². The summed E-state index contributed by atoms with van der Waals surface area (Å²) in [6.45, 7) is 1.81. The van der Waals surface area contributed by atoms with Crippen LogP contribution in [0.5, 0.6) is 0 Å². The second-order valence-electron chi connectivity index (χ2n) is 4.24. The fourth-order valence-corrected chi connectivity index (χ4v) is 1.74. The molecule has 19 heavy (non-hydrogen) atoms. The number of halogens is 1. The summed E-state index contributed by atoms with van der Waals surface area (Å²) in [6.07, 6.45) is 3.02. The van der Waals surface area contributed by atoms with Gasteiger partial charge in [0, 0.05) is 31.9 Å². The van der Waals surface area contributed by atoms with Crippen molar-refractivity contribution >= 4 is 5.69 Å². The van der Waals surface area contributed by atoms with Gasteiger partial charge in [0.1, 0.15) is 0 Å². The highest BCUT2D eigenvalue weighted by Gasteiger charge is 2.16. The van der Waals surface area contributed by atoms with Gasteiger partial charge in [0.25, 0.3) is 0 Å². The molecule has 0 saturated heterocycles. The average Bonchev–Trinajstić information content (AvgIpc) is 2.39. The number of methoxy groups -OCH3 is 1. The zero-order valence-electron chi connectivity index (χ0n) is 11.0. The molecular formula is C13H19FN2O3. The number of hydrogen-bond donors (Lipinski definition) is 1. The Morgan fingerprint density at radius 3 is 2.84 bits per heavy atom. The van der Waals surface area contributed by atoms with Crippen molar-refractivity contribution in [2.75, 3.05) is 20.3 Å². The smallest absolute Gasteiger partial charge is 0.305 e. The van der Waals surface area contributed by atoms with Gasteiger partial charge in [0.05, 0.1) is 4.92 Å². The van der Waals surface area contributed by atoms with E-state index in [1.807, 2.05) is 0 Å². The third-order valence-electron chi connectivity index (χ3n) is 2.77. The van der Waals surface area contributed by atoms with Crippen molar-refractivity contribution in [3.63, 3.8) is 0 Å². The van der Waals surface area contributed by atoms with E-state index in [1.54, 1.807) is 13.2 Å². The Balaban J connectivity index is 2.33. The van der Waals surface area contributed by atoms with Crippen molar-refractivity contribution in [2.24, 2.45) is 0 Å². The minimum Gasteiger partial charge on any atom is -0.385 e. The topological polar surface area (TPSA) is 64.4 Å². The minimum atomic E-state index is -0.751. The third-order valence-corrected chi connectivity index (χ3v) is 2.77. The summed E-state index contributed by atoms with van der Waals surface area (Å²) in [7, 11) is 1.67. The normalized spacial score (nSPS) is 10.6. The molecule has 0 saturated carbocycles. The van der Waals surface area contributed by atoms with Crippen LogP contribution in [0.25, 0.3) is 0 Å². The molecule has 0 aliphatic rings. The lowest BCUT2D eigenvalue weighted by Gasteiger charge is -2.06. The molecular weight excluding hydrogens is 251 g/mol. The summed E-state index contributed by atoms with van der Waals surface area (Å²) in [5.41, 5.74) is -0.148. The van der Waals surface area contributed by atoms with Crippen LogP contribution in [0.3, 0.4) is 0 Å². The second kappa shape index (κ2) is 8.55. The molecule has 0 aromatic heterocycles. The van der Waals surface area contributed by atoms with E-state index in [4.69, 9.17) is 4.74 Å². The Morgan fingerprint density at radius 1 is 1.37 bits per heavy atom. The molecule has 0 heterocycles. The Labute approximate surface area is 111 Å². The predicted octanol–water partition coefficient (Wildman–Crippen LogP) is 2.64. The van der Waals surface area contributed by atoms with Crippen molar-refractivity contribution in [1.29, 1.82) is 0 Å². The average molecular weight is 270 g/mol. The molecule has 1 rings (SSSR count). The van der Waals surface area contributed by atoms with Crippen molar-refractivity contribution in [3.05, 3.63) is 39.7 Å². The Bertz CT molecular complexity index is 413. The summed E-state index contributed by atoms with van der Waals surface area (Å²) in [5.74, 6) is -0.751. The van der Waals surface area contributed by atoms with Crippen LogP contribution < -0.4 is 5.32 Å². The molecule has 0 amide bonds. The Hall–Kier alpha value is -1.53. The largest absolute Gasteiger partial charge is 0.385 e. The molecule has 6 heteroatoms. The quantitative estimate of drug-likeness (QED) is 0.425. The van der Waals surface area contributed by atoms with Gasteiger partial charge in [-0.05, 0) is 25.8 Å². The summed E-state index contributed by atoms with van der Waals surface area (Å²) < 4.78 is 18.6. The van der Waals surface area contributed by atoms with E-state index in [-0.39, 0.29) is 0 Å². The van der Waals surface area contributed by atoms with Gasteiger partial charge in [0.15, 0.2) is 0 Å². The van der Waals surface area contributed by atoms with E-state index in [0.717, 1.165) is 32.4 Å². The van der Waals surface area contributed by atoms with Crippen LogP contribution in [-0.4, -0.2) is 25.2 Å². The first-order valence-electron chi connectivity index (χ1n) is 6.28. The number of nitro groups is 1. The Morgan fingerprint density at radius 2 is 2.16 bits per heavy atom. The highest BCUT2D eigenvalue weighted by molar-refractivity contribution is 5.36. The molecule has 0 aliphatic heterocycles. The maximum atomic E-state index is 13.7. The third kappa shape index (κ3) is 5.32. The summed E-state index contributed by atoms with van der Waals surface area (Å²) in [5, 5.41) is 13.7. The molecule has 1 aromatic carbocycles. The van der Waals surface area contributed by atoms with Gasteiger partial charge in [-0.2, -0.15) is 4.39 Å². The summed E-state index contributed by atoms with van der Waals surface area (Å²) >= 11 is 0. The van der Waals surface area contributed by atoms with E-state index in [1.165, 1.54) is 12.1 Å². The van der Waals surface area contributed by atoms with Crippen molar-refractivity contribution in [1.82, 2.24) is 5.32 Å². The molecule has 0 atom stereocenters. The first kappa shape index (κ1) is 15.5. The van der Waals surface area contributed by atoms with Gasteiger partial charge in [-0.25, -0.2) is 0 Å². The van der Waals surface area contributed by atoms with Gasteiger partial charge in [-0.3, -0.25) is 10.1 Å². The first-order valence-corrected chi connectivity index (χ1v) is 6.28. The first-order chi connectivity index (χ1) is 9.16. The molecule has 0 bridgehead atoms. The van der Waals surface area contributed by atoms with E-state index in [0.29, 0.717) is 12.1 Å². The lowest BCUT2D eigenvalue weighted by atomic mass is 10.2. The van der Waals surface area contributed by atoms with E-state index >= 15 is 0 Å². The lowest BCUT2D eigenvalue weighted by molar-refractivity contribution is -0.387. The SMILES string of the molecule is COCCCCCNCc1cccc([N+](=O)[O-])c1F. The zero-order valence-corrected chi connectivity index (χ0v) is 11.0. The van der Waals surface area contributed by atoms with Crippen LogP contribution in [0.15, 0.2) is 18.2 Å². The second-order valence-corrected chi connectivity index (χ2v) is 4.24.